The van der Waals surface area contributed by atoms with Crippen molar-refractivity contribution in [3.05, 3.63) is 29.6 Å². The van der Waals surface area contributed by atoms with E-state index in [-0.39, 0.29) is 35.1 Å². The molecule has 9 heteroatoms. The van der Waals surface area contributed by atoms with Crippen LogP contribution in [0.5, 0.6) is 5.75 Å². The molecule has 0 radical (unpaired) electrons. The summed E-state index contributed by atoms with van der Waals surface area (Å²) in [6.45, 7) is 1.12. The van der Waals surface area contributed by atoms with Gasteiger partial charge in [0.15, 0.2) is 21.4 Å². The van der Waals surface area contributed by atoms with Crippen molar-refractivity contribution >= 4 is 21.7 Å². The zero-order valence-corrected chi connectivity index (χ0v) is 19.7. The second kappa shape index (κ2) is 10.1. The lowest BCUT2D eigenvalue weighted by molar-refractivity contribution is -0.134. The SMILES string of the molecule is O=C1CCC(NCCCCCS(=O)(=O)CC2(c3ccc(F)c(OCC4CC4)c3)CC2)C(=O)N1. The molecule has 2 saturated carbocycles. The second-order valence-electron chi connectivity index (χ2n) is 9.79. The predicted octanol–water partition coefficient (Wildman–Crippen LogP) is 2.63. The maximum atomic E-state index is 14.1. The molecule has 0 bridgehead atoms. The topological polar surface area (TPSA) is 102 Å². The Labute approximate surface area is 194 Å². The van der Waals surface area contributed by atoms with Crippen LogP contribution < -0.4 is 15.4 Å². The van der Waals surface area contributed by atoms with E-state index in [1.807, 2.05) is 0 Å². The summed E-state index contributed by atoms with van der Waals surface area (Å²) in [5.41, 5.74) is 0.434. The van der Waals surface area contributed by atoms with Crippen molar-refractivity contribution in [2.75, 3.05) is 24.7 Å². The third-order valence-corrected chi connectivity index (χ3v) is 8.73. The molecule has 4 rings (SSSR count). The number of imide groups is 1. The van der Waals surface area contributed by atoms with E-state index in [9.17, 15) is 22.4 Å². The summed E-state index contributed by atoms with van der Waals surface area (Å²) in [4.78, 5) is 22.9. The summed E-state index contributed by atoms with van der Waals surface area (Å²) >= 11 is 0. The number of halogens is 1. The average molecular weight is 481 g/mol. The average Bonchev–Trinajstić information content (AvgIpc) is 3.68. The minimum Gasteiger partial charge on any atom is -0.490 e. The Bertz CT molecular complexity index is 989. The Balaban J connectivity index is 1.20. The van der Waals surface area contributed by atoms with E-state index in [0.29, 0.717) is 38.3 Å². The van der Waals surface area contributed by atoms with Crippen LogP contribution in [0.2, 0.25) is 0 Å². The van der Waals surface area contributed by atoms with Crippen molar-refractivity contribution in [3.8, 4) is 5.75 Å². The first-order valence-electron chi connectivity index (χ1n) is 12.0. The van der Waals surface area contributed by atoms with Crippen LogP contribution >= 0.6 is 0 Å². The zero-order valence-electron chi connectivity index (χ0n) is 18.9. The molecule has 1 saturated heterocycles. The molecule has 1 aromatic rings. The van der Waals surface area contributed by atoms with Gasteiger partial charge >= 0.3 is 0 Å². The van der Waals surface area contributed by atoms with E-state index < -0.39 is 21.1 Å². The van der Waals surface area contributed by atoms with Crippen molar-refractivity contribution in [2.45, 2.75) is 69.2 Å². The van der Waals surface area contributed by atoms with Crippen LogP contribution in [0.3, 0.4) is 0 Å². The maximum absolute atomic E-state index is 14.1. The number of hydrogen-bond acceptors (Lipinski definition) is 6. The summed E-state index contributed by atoms with van der Waals surface area (Å²) in [5.74, 6) is 0.0321. The highest BCUT2D eigenvalue weighted by atomic mass is 32.2. The normalized spacial score (nSPS) is 22.2. The van der Waals surface area contributed by atoms with E-state index in [1.54, 1.807) is 12.1 Å². The molecule has 182 valence electrons. The number of unbranched alkanes of at least 4 members (excludes halogenated alkanes) is 2. The van der Waals surface area contributed by atoms with Crippen molar-refractivity contribution in [1.29, 1.82) is 0 Å². The number of carbonyl (C=O) groups is 2. The monoisotopic (exact) mass is 480 g/mol. The second-order valence-corrected chi connectivity index (χ2v) is 12.0. The van der Waals surface area contributed by atoms with Crippen LogP contribution in [0, 0.1) is 11.7 Å². The number of piperidine rings is 1. The third kappa shape index (κ3) is 6.76. The highest BCUT2D eigenvalue weighted by Crippen LogP contribution is 2.50. The molecule has 3 aliphatic rings. The molecule has 0 spiro atoms. The Hall–Kier alpha value is -2.00. The smallest absolute Gasteiger partial charge is 0.243 e. The first kappa shape index (κ1) is 24.1. The Morgan fingerprint density at radius 3 is 2.61 bits per heavy atom. The van der Waals surface area contributed by atoms with Gasteiger partial charge < -0.3 is 10.1 Å². The number of amides is 2. The van der Waals surface area contributed by atoms with Gasteiger partial charge in [0, 0.05) is 11.8 Å². The lowest BCUT2D eigenvalue weighted by Crippen LogP contribution is -2.50. The number of sulfone groups is 1. The van der Waals surface area contributed by atoms with Gasteiger partial charge in [0.1, 0.15) is 0 Å². The van der Waals surface area contributed by atoms with Gasteiger partial charge in [0.25, 0.3) is 0 Å². The Morgan fingerprint density at radius 1 is 1.12 bits per heavy atom. The summed E-state index contributed by atoms with van der Waals surface area (Å²) in [6, 6.07) is 4.43. The molecule has 1 aliphatic heterocycles. The number of rotatable bonds is 13. The molecule has 2 amide bonds. The standard InChI is InChI=1S/C24H33FN2O5S/c25-19-7-6-18(14-21(19)32-15-17-4-5-17)24(10-11-24)16-33(30,31)13-3-1-2-12-26-20-8-9-22(28)27-23(20)29/h6-7,14,17,20,26H,1-5,8-13,15-16H2,(H,27,28,29). The molecule has 2 N–H and O–H groups in total. The molecule has 2 aliphatic carbocycles. The molecular weight excluding hydrogens is 447 g/mol. The fourth-order valence-electron chi connectivity index (χ4n) is 4.38. The van der Waals surface area contributed by atoms with Crippen molar-refractivity contribution in [2.24, 2.45) is 5.92 Å². The molecule has 0 aromatic heterocycles. The highest BCUT2D eigenvalue weighted by molar-refractivity contribution is 7.91. The molecule has 1 unspecified atom stereocenters. The molecule has 1 aromatic carbocycles. The van der Waals surface area contributed by atoms with Crippen LogP contribution in [0.4, 0.5) is 4.39 Å². The molecule has 33 heavy (non-hydrogen) atoms. The number of benzene rings is 1. The van der Waals surface area contributed by atoms with E-state index >= 15 is 0 Å². The summed E-state index contributed by atoms with van der Waals surface area (Å²) < 4.78 is 45.3. The van der Waals surface area contributed by atoms with Gasteiger partial charge in [-0.2, -0.15) is 0 Å². The first-order valence-corrected chi connectivity index (χ1v) is 13.8. The Kier molecular flexibility index (Phi) is 7.38. The van der Waals surface area contributed by atoms with Gasteiger partial charge in [-0.3, -0.25) is 14.9 Å². The van der Waals surface area contributed by atoms with Gasteiger partial charge in [0.05, 0.1) is 24.2 Å². The van der Waals surface area contributed by atoms with E-state index in [1.165, 1.54) is 6.07 Å². The highest BCUT2D eigenvalue weighted by Gasteiger charge is 2.47. The van der Waals surface area contributed by atoms with E-state index in [2.05, 4.69) is 10.6 Å². The van der Waals surface area contributed by atoms with Crippen molar-refractivity contribution in [1.82, 2.24) is 10.6 Å². The molecular formula is C24H33FN2O5S. The molecule has 1 heterocycles. The number of carbonyl (C=O) groups excluding carboxylic acids is 2. The van der Waals surface area contributed by atoms with Gasteiger partial charge in [-0.05, 0) is 75.1 Å². The third-order valence-electron chi connectivity index (χ3n) is 6.83. The summed E-state index contributed by atoms with van der Waals surface area (Å²) in [5, 5.41) is 5.45. The predicted molar refractivity (Wildman–Crippen MR) is 122 cm³/mol. The number of ether oxygens (including phenoxy) is 1. The van der Waals surface area contributed by atoms with Gasteiger partial charge in [-0.15, -0.1) is 0 Å². The zero-order chi connectivity index (χ0) is 23.5. The molecule has 3 fully saturated rings. The van der Waals surface area contributed by atoms with Crippen LogP contribution in [-0.2, 0) is 24.8 Å². The lowest BCUT2D eigenvalue weighted by Gasteiger charge is -2.21. The lowest BCUT2D eigenvalue weighted by atomic mass is 9.98. The van der Waals surface area contributed by atoms with Crippen molar-refractivity contribution < 1.29 is 27.1 Å². The van der Waals surface area contributed by atoms with E-state index in [4.69, 9.17) is 4.74 Å². The number of nitrogens with one attached hydrogen (secondary N) is 2. The van der Waals surface area contributed by atoms with Crippen LogP contribution in [0.25, 0.3) is 0 Å². The molecule has 1 atom stereocenters. The Morgan fingerprint density at radius 2 is 1.91 bits per heavy atom. The summed E-state index contributed by atoms with van der Waals surface area (Å²) in [7, 11) is -3.24. The fraction of sp³-hybridized carbons (Fsp3) is 0.667. The van der Waals surface area contributed by atoms with Crippen molar-refractivity contribution in [3.63, 3.8) is 0 Å². The van der Waals surface area contributed by atoms with Crippen LogP contribution in [-0.4, -0.2) is 50.9 Å². The molecule has 7 nitrogen and oxygen atoms in total. The van der Waals surface area contributed by atoms with Gasteiger partial charge in [0.2, 0.25) is 11.8 Å². The van der Waals surface area contributed by atoms with Gasteiger partial charge in [-0.25, -0.2) is 12.8 Å². The van der Waals surface area contributed by atoms with Crippen LogP contribution in [0.15, 0.2) is 18.2 Å². The fourth-order valence-corrected chi connectivity index (χ4v) is 6.47. The largest absolute Gasteiger partial charge is 0.490 e. The van der Waals surface area contributed by atoms with E-state index in [0.717, 1.165) is 44.1 Å². The van der Waals surface area contributed by atoms with Gasteiger partial charge in [-0.1, -0.05) is 12.5 Å². The summed E-state index contributed by atoms with van der Waals surface area (Å²) in [6.07, 6.45) is 6.72. The first-order chi connectivity index (χ1) is 15.8. The number of hydrogen-bond donors (Lipinski definition) is 2. The van der Waals surface area contributed by atoms with Crippen LogP contribution in [0.1, 0.15) is 63.4 Å². The minimum absolute atomic E-state index is 0.0855. The minimum atomic E-state index is -3.24. The quantitative estimate of drug-likeness (QED) is 0.333. The maximum Gasteiger partial charge on any atom is 0.243 e.